The number of rotatable bonds is 2. The summed E-state index contributed by atoms with van der Waals surface area (Å²) >= 11 is 0. The van der Waals surface area contributed by atoms with E-state index in [1.807, 2.05) is 0 Å². The molecule has 2 aliphatic rings. The van der Waals surface area contributed by atoms with Crippen LogP contribution in [0.15, 0.2) is 0 Å². The van der Waals surface area contributed by atoms with Crippen LogP contribution in [0.1, 0.15) is 12.8 Å². The Balaban J connectivity index is 0.000000605. The number of likely N-dealkylation sites (tertiary alicyclic amines) is 1. The van der Waals surface area contributed by atoms with E-state index in [4.69, 9.17) is 0 Å². The summed E-state index contributed by atoms with van der Waals surface area (Å²) in [5, 5.41) is 2.45. The van der Waals surface area contributed by atoms with Gasteiger partial charge in [-0.25, -0.2) is 0 Å². The predicted octanol–water partition coefficient (Wildman–Crippen LogP) is -3.27. The maximum atomic E-state index is 2.59. The molecule has 2 nitrogen and oxygen atoms in total. The largest absolute Gasteiger partial charge is 1.00 e. The maximum absolute atomic E-state index is 2.59. The zero-order valence-electron chi connectivity index (χ0n) is 8.55. The van der Waals surface area contributed by atoms with Gasteiger partial charge in [-0.15, -0.1) is 0 Å². The van der Waals surface area contributed by atoms with Crippen molar-refractivity contribution in [1.82, 2.24) is 4.90 Å². The molecule has 0 amide bonds. The molecule has 2 fully saturated rings. The van der Waals surface area contributed by atoms with E-state index in [1.165, 1.54) is 45.6 Å². The molecule has 2 heterocycles. The van der Waals surface area contributed by atoms with E-state index in [9.17, 15) is 0 Å². The Labute approximate surface area is 119 Å². The molecule has 0 radical (unpaired) electrons. The average molecular weight is 195 g/mol. The Morgan fingerprint density at radius 1 is 1.33 bits per heavy atom. The van der Waals surface area contributed by atoms with Gasteiger partial charge < -0.3 is 17.6 Å². The van der Waals surface area contributed by atoms with Gasteiger partial charge in [-0.1, -0.05) is 0 Å². The van der Waals surface area contributed by atoms with Crippen molar-refractivity contribution >= 4 is 0 Å². The fraction of sp³-hybridized carbons (Fsp3) is 0.889. The summed E-state index contributed by atoms with van der Waals surface area (Å²) in [6, 6.07) is 0. The number of hydrogen-bond donors (Lipinski definition) is 1. The molecule has 0 aromatic heterocycles. The minimum Gasteiger partial charge on any atom is -0.358 e. The van der Waals surface area contributed by atoms with E-state index in [0.29, 0.717) is 0 Å². The molecule has 0 aromatic carbocycles. The normalized spacial score (nSPS) is 28.5. The molecule has 66 valence electrons. The Kier molecular flexibility index (Phi) is 7.83. The molecular weight excluding hydrogens is 175 g/mol. The molecule has 0 spiro atoms. The smallest absolute Gasteiger partial charge is 0.358 e. The molecule has 2 N–H and O–H groups in total. The van der Waals surface area contributed by atoms with E-state index < -0.39 is 0 Å². The summed E-state index contributed by atoms with van der Waals surface area (Å²) in [6.07, 6.45) is 2.90. The summed E-state index contributed by atoms with van der Waals surface area (Å²) in [4.78, 5) is 2.59. The first-order chi connectivity index (χ1) is 4.95. The van der Waals surface area contributed by atoms with Gasteiger partial charge in [0.05, 0.1) is 13.1 Å². The molecule has 0 bridgehead atoms. The molecule has 2 saturated heterocycles. The first-order valence-electron chi connectivity index (χ1n) is 4.49. The molecule has 3 heteroatoms. The van der Waals surface area contributed by atoms with Crippen molar-refractivity contribution < 1.29 is 56.7 Å². The summed E-state index contributed by atoms with van der Waals surface area (Å²) in [5.74, 6) is 1.01. The number of quaternary nitrogens is 1. The van der Waals surface area contributed by atoms with Crippen molar-refractivity contribution in [2.24, 2.45) is 5.92 Å². The fourth-order valence-electron chi connectivity index (χ4n) is 1.92. The van der Waals surface area contributed by atoms with E-state index in [1.54, 1.807) is 0 Å². The van der Waals surface area contributed by atoms with Crippen molar-refractivity contribution in [2.45, 2.75) is 12.8 Å². The van der Waals surface area contributed by atoms with Gasteiger partial charge in [-0.2, -0.15) is 0 Å². The van der Waals surface area contributed by atoms with Crippen LogP contribution < -0.4 is 56.7 Å². The third-order valence-corrected chi connectivity index (χ3v) is 2.74. The Hall–Kier alpha value is 1.56. The Morgan fingerprint density at radius 2 is 2.08 bits per heavy atom. The standard InChI is InChI=1S/C8H16N2.CH3.K/c1-4-10(5-1)7-8-2-3-9-6-8;;/h8-9H,1-7H2;1H3;/q;-1;+1/p+1. The molecule has 1 unspecified atom stereocenters. The van der Waals surface area contributed by atoms with Crippen LogP contribution in [-0.4, -0.2) is 37.6 Å². The average Bonchev–Trinajstić information content (AvgIpc) is 2.29. The van der Waals surface area contributed by atoms with Crippen LogP contribution in [0.3, 0.4) is 0 Å². The second-order valence-electron chi connectivity index (χ2n) is 3.62. The SMILES string of the molecule is C1CN(CC2CC[NH2+]C2)C1.[CH3-].[K+]. The molecule has 0 saturated carbocycles. The second-order valence-corrected chi connectivity index (χ2v) is 3.62. The monoisotopic (exact) mass is 195 g/mol. The summed E-state index contributed by atoms with van der Waals surface area (Å²) < 4.78 is 0. The molecule has 2 rings (SSSR count). The van der Waals surface area contributed by atoms with Gasteiger partial charge in [-0.05, 0) is 19.5 Å². The zero-order valence-corrected chi connectivity index (χ0v) is 11.7. The summed E-state index contributed by atoms with van der Waals surface area (Å²) in [5.41, 5.74) is 0. The van der Waals surface area contributed by atoms with Crippen molar-refractivity contribution in [3.8, 4) is 0 Å². The molecule has 1 atom stereocenters. The predicted molar refractivity (Wildman–Crippen MR) is 47.2 cm³/mol. The molecule has 0 aromatic rings. The number of nitrogens with zero attached hydrogens (tertiary/aromatic N) is 1. The van der Waals surface area contributed by atoms with Crippen LogP contribution in [0.5, 0.6) is 0 Å². The Bertz CT molecular complexity index is 109. The Morgan fingerprint density at radius 3 is 2.50 bits per heavy atom. The van der Waals surface area contributed by atoms with Crippen molar-refractivity contribution in [1.29, 1.82) is 0 Å². The van der Waals surface area contributed by atoms with Crippen molar-refractivity contribution in [3.05, 3.63) is 7.43 Å². The van der Waals surface area contributed by atoms with Crippen LogP contribution in [-0.2, 0) is 0 Å². The van der Waals surface area contributed by atoms with Gasteiger partial charge in [0.15, 0.2) is 0 Å². The van der Waals surface area contributed by atoms with Crippen molar-refractivity contribution in [3.63, 3.8) is 0 Å². The van der Waals surface area contributed by atoms with Crippen LogP contribution in [0.25, 0.3) is 0 Å². The summed E-state index contributed by atoms with van der Waals surface area (Å²) in [7, 11) is 0. The van der Waals surface area contributed by atoms with Gasteiger partial charge in [0, 0.05) is 18.9 Å². The number of hydrogen-bond acceptors (Lipinski definition) is 1. The first-order valence-corrected chi connectivity index (χ1v) is 4.49. The van der Waals surface area contributed by atoms with Gasteiger partial charge >= 0.3 is 51.4 Å². The van der Waals surface area contributed by atoms with Crippen LogP contribution >= 0.6 is 0 Å². The fourth-order valence-corrected chi connectivity index (χ4v) is 1.92. The van der Waals surface area contributed by atoms with E-state index in [-0.39, 0.29) is 58.8 Å². The third-order valence-electron chi connectivity index (χ3n) is 2.74. The van der Waals surface area contributed by atoms with E-state index >= 15 is 0 Å². The zero-order chi connectivity index (χ0) is 6.81. The van der Waals surface area contributed by atoms with Crippen LogP contribution in [0.4, 0.5) is 0 Å². The molecule has 12 heavy (non-hydrogen) atoms. The van der Waals surface area contributed by atoms with Gasteiger partial charge in [-0.3, -0.25) is 0 Å². The summed E-state index contributed by atoms with van der Waals surface area (Å²) in [6.45, 7) is 6.89. The molecule has 2 aliphatic heterocycles. The second kappa shape index (κ2) is 6.93. The van der Waals surface area contributed by atoms with E-state index in [2.05, 4.69) is 10.2 Å². The topological polar surface area (TPSA) is 19.9 Å². The van der Waals surface area contributed by atoms with Crippen LogP contribution in [0, 0.1) is 13.3 Å². The van der Waals surface area contributed by atoms with Gasteiger partial charge in [0.2, 0.25) is 0 Å². The quantitative estimate of drug-likeness (QED) is 0.362. The van der Waals surface area contributed by atoms with Crippen LogP contribution in [0.2, 0.25) is 0 Å². The van der Waals surface area contributed by atoms with Crippen molar-refractivity contribution in [2.75, 3.05) is 32.7 Å². The minimum absolute atomic E-state index is 0. The van der Waals surface area contributed by atoms with Gasteiger partial charge in [0.25, 0.3) is 0 Å². The molecule has 0 aliphatic carbocycles. The molecular formula is C9H20KN2+. The third kappa shape index (κ3) is 3.74. The van der Waals surface area contributed by atoms with E-state index in [0.717, 1.165) is 5.92 Å². The first kappa shape index (κ1) is 13.6. The minimum atomic E-state index is 0. The van der Waals surface area contributed by atoms with Gasteiger partial charge in [0.1, 0.15) is 0 Å². The maximum Gasteiger partial charge on any atom is 1.00 e. The number of nitrogens with two attached hydrogens (primary N) is 1.